The quantitative estimate of drug-likeness (QED) is 0.833. The second kappa shape index (κ2) is 6.57. The van der Waals surface area contributed by atoms with Crippen LogP contribution in [0.4, 0.5) is 0 Å². The van der Waals surface area contributed by atoms with Crippen molar-refractivity contribution in [2.45, 2.75) is 31.6 Å². The molecule has 1 aliphatic carbocycles. The van der Waals surface area contributed by atoms with Crippen molar-refractivity contribution >= 4 is 33.2 Å². The Morgan fingerprint density at radius 2 is 2.19 bits per heavy atom. The molecule has 0 saturated carbocycles. The normalized spacial score (nSPS) is 17.9. The van der Waals surface area contributed by atoms with Crippen molar-refractivity contribution in [2.75, 3.05) is 12.8 Å². The van der Waals surface area contributed by atoms with Crippen LogP contribution in [0.15, 0.2) is 11.4 Å². The highest BCUT2D eigenvalue weighted by Crippen LogP contribution is 2.34. The van der Waals surface area contributed by atoms with Crippen LogP contribution >= 0.6 is 11.3 Å². The zero-order valence-electron chi connectivity index (χ0n) is 11.7. The number of amides is 2. The molecule has 1 atom stereocenters. The van der Waals surface area contributed by atoms with E-state index in [0.29, 0.717) is 0 Å². The van der Waals surface area contributed by atoms with E-state index in [-0.39, 0.29) is 24.8 Å². The number of hydrogen-bond acceptors (Lipinski definition) is 5. The Kier molecular flexibility index (Phi) is 5.00. The van der Waals surface area contributed by atoms with Gasteiger partial charge >= 0.3 is 0 Å². The molecule has 1 aromatic rings. The average Bonchev–Trinajstić information content (AvgIpc) is 2.84. The van der Waals surface area contributed by atoms with Crippen LogP contribution in [-0.2, 0) is 26.0 Å². The molecular weight excluding hydrogens is 312 g/mol. The van der Waals surface area contributed by atoms with Gasteiger partial charge in [-0.3, -0.25) is 14.3 Å². The van der Waals surface area contributed by atoms with Gasteiger partial charge in [0.15, 0.2) is 0 Å². The van der Waals surface area contributed by atoms with E-state index in [1.807, 2.05) is 16.2 Å². The molecule has 0 unspecified atom stereocenters. The first kappa shape index (κ1) is 16.0. The molecule has 8 heteroatoms. The predicted octanol–water partition coefficient (Wildman–Crippen LogP) is 0.750. The van der Waals surface area contributed by atoms with Crippen molar-refractivity contribution in [1.29, 1.82) is 0 Å². The molecule has 1 heterocycles. The van der Waals surface area contributed by atoms with E-state index in [1.165, 1.54) is 4.88 Å². The van der Waals surface area contributed by atoms with Gasteiger partial charge in [0, 0.05) is 17.8 Å². The number of sulfonamides is 1. The largest absolute Gasteiger partial charge is 0.355 e. The van der Waals surface area contributed by atoms with E-state index in [2.05, 4.69) is 5.32 Å². The molecule has 116 valence electrons. The smallest absolute Gasteiger partial charge is 0.235 e. The van der Waals surface area contributed by atoms with Gasteiger partial charge in [0.25, 0.3) is 0 Å². The lowest BCUT2D eigenvalue weighted by Crippen LogP contribution is -2.35. The number of carbonyl (C=O) groups is 2. The second-order valence-electron chi connectivity index (χ2n) is 5.08. The van der Waals surface area contributed by atoms with Gasteiger partial charge in [-0.25, -0.2) is 8.42 Å². The molecule has 2 N–H and O–H groups in total. The standard InChI is InChI=1S/C13H18N2O4S2/c1-21(18,19)15-12(16)5-7-14-13(17)10-3-2-4-11-9(10)6-8-20-11/h6,8,10H,2-5,7H2,1H3,(H,14,17)(H,15,16)/t10-/m0/s1. The van der Waals surface area contributed by atoms with Gasteiger partial charge in [-0.15, -0.1) is 11.3 Å². The molecule has 0 radical (unpaired) electrons. The zero-order valence-corrected chi connectivity index (χ0v) is 13.4. The minimum absolute atomic E-state index is 0.0535. The summed E-state index contributed by atoms with van der Waals surface area (Å²) >= 11 is 1.67. The van der Waals surface area contributed by atoms with Crippen LogP contribution in [0.25, 0.3) is 0 Å². The Balaban J connectivity index is 1.83. The third-order valence-corrected chi connectivity index (χ3v) is 4.91. The molecule has 1 aromatic heterocycles. The number of carbonyl (C=O) groups excluding carboxylic acids is 2. The Hall–Kier alpha value is -1.41. The lowest BCUT2D eigenvalue weighted by Gasteiger charge is -2.21. The minimum Gasteiger partial charge on any atom is -0.355 e. The van der Waals surface area contributed by atoms with Crippen LogP contribution in [0.5, 0.6) is 0 Å². The summed E-state index contributed by atoms with van der Waals surface area (Å²) in [6, 6.07) is 1.99. The molecule has 6 nitrogen and oxygen atoms in total. The Morgan fingerprint density at radius 3 is 2.90 bits per heavy atom. The van der Waals surface area contributed by atoms with E-state index in [9.17, 15) is 18.0 Å². The van der Waals surface area contributed by atoms with Crippen LogP contribution < -0.4 is 10.0 Å². The monoisotopic (exact) mass is 330 g/mol. The Bertz CT molecular complexity index is 636. The van der Waals surface area contributed by atoms with Gasteiger partial charge in [-0.1, -0.05) is 0 Å². The maximum atomic E-state index is 12.2. The maximum Gasteiger partial charge on any atom is 0.235 e. The van der Waals surface area contributed by atoms with Crippen molar-refractivity contribution in [2.24, 2.45) is 0 Å². The number of fused-ring (bicyclic) bond motifs is 1. The summed E-state index contributed by atoms with van der Waals surface area (Å²) in [5.74, 6) is -0.864. The van der Waals surface area contributed by atoms with E-state index in [0.717, 1.165) is 31.1 Å². The van der Waals surface area contributed by atoms with Crippen LogP contribution in [0, 0.1) is 0 Å². The predicted molar refractivity (Wildman–Crippen MR) is 80.6 cm³/mol. The highest BCUT2D eigenvalue weighted by Gasteiger charge is 2.27. The molecule has 0 bridgehead atoms. The van der Waals surface area contributed by atoms with Gasteiger partial charge in [-0.2, -0.15) is 0 Å². The Labute approximate surface area is 128 Å². The van der Waals surface area contributed by atoms with Gasteiger partial charge in [0.2, 0.25) is 21.8 Å². The first-order valence-electron chi connectivity index (χ1n) is 6.71. The lowest BCUT2D eigenvalue weighted by atomic mass is 9.87. The van der Waals surface area contributed by atoms with Gasteiger partial charge in [0.05, 0.1) is 12.2 Å². The van der Waals surface area contributed by atoms with Crippen LogP contribution in [-0.4, -0.2) is 33.0 Å². The third kappa shape index (κ3) is 4.53. The Morgan fingerprint density at radius 1 is 1.43 bits per heavy atom. The number of aryl methyl sites for hydroxylation is 1. The molecule has 2 amide bonds. The molecule has 2 rings (SSSR count). The number of rotatable bonds is 5. The topological polar surface area (TPSA) is 92.3 Å². The number of thiophene rings is 1. The van der Waals surface area contributed by atoms with Gasteiger partial charge in [0.1, 0.15) is 0 Å². The minimum atomic E-state index is -3.54. The van der Waals surface area contributed by atoms with Crippen LogP contribution in [0.1, 0.15) is 35.6 Å². The first-order chi connectivity index (χ1) is 9.87. The van der Waals surface area contributed by atoms with Crippen molar-refractivity contribution in [3.05, 3.63) is 21.9 Å². The van der Waals surface area contributed by atoms with Crippen molar-refractivity contribution in [1.82, 2.24) is 10.0 Å². The summed E-state index contributed by atoms with van der Waals surface area (Å²) in [5, 5.41) is 4.71. The molecule has 0 aliphatic heterocycles. The summed E-state index contributed by atoms with van der Waals surface area (Å²) in [7, 11) is -3.54. The van der Waals surface area contributed by atoms with E-state index < -0.39 is 15.9 Å². The van der Waals surface area contributed by atoms with E-state index in [1.54, 1.807) is 11.3 Å². The lowest BCUT2D eigenvalue weighted by molar-refractivity contribution is -0.123. The molecule has 0 spiro atoms. The maximum absolute atomic E-state index is 12.2. The molecule has 0 aromatic carbocycles. The molecular formula is C13H18N2O4S2. The average molecular weight is 330 g/mol. The number of nitrogens with one attached hydrogen (secondary N) is 2. The van der Waals surface area contributed by atoms with Crippen LogP contribution in [0.3, 0.4) is 0 Å². The summed E-state index contributed by atoms with van der Waals surface area (Å²) in [6.45, 7) is 0.135. The van der Waals surface area contributed by atoms with E-state index >= 15 is 0 Å². The summed E-state index contributed by atoms with van der Waals surface area (Å²) < 4.78 is 23.6. The van der Waals surface area contributed by atoms with Crippen molar-refractivity contribution in [3.63, 3.8) is 0 Å². The highest BCUT2D eigenvalue weighted by atomic mass is 32.2. The summed E-state index contributed by atoms with van der Waals surface area (Å²) in [6.07, 6.45) is 3.68. The fourth-order valence-corrected chi connectivity index (χ4v) is 3.94. The zero-order chi connectivity index (χ0) is 15.5. The molecule has 21 heavy (non-hydrogen) atoms. The first-order valence-corrected chi connectivity index (χ1v) is 9.48. The van der Waals surface area contributed by atoms with Gasteiger partial charge < -0.3 is 5.32 Å². The fourth-order valence-electron chi connectivity index (χ4n) is 2.44. The summed E-state index contributed by atoms with van der Waals surface area (Å²) in [5.41, 5.74) is 1.09. The highest BCUT2D eigenvalue weighted by molar-refractivity contribution is 7.89. The number of hydrogen-bond donors (Lipinski definition) is 2. The van der Waals surface area contributed by atoms with Crippen molar-refractivity contribution < 1.29 is 18.0 Å². The van der Waals surface area contributed by atoms with E-state index in [4.69, 9.17) is 0 Å². The third-order valence-electron chi connectivity index (χ3n) is 3.32. The SMILES string of the molecule is CS(=O)(=O)NC(=O)CCNC(=O)[C@H]1CCCc2sccc21. The fraction of sp³-hybridized carbons (Fsp3) is 0.538. The van der Waals surface area contributed by atoms with Gasteiger partial charge in [-0.05, 0) is 36.3 Å². The molecule has 0 fully saturated rings. The molecule has 1 aliphatic rings. The summed E-state index contributed by atoms with van der Waals surface area (Å²) in [4.78, 5) is 24.8. The molecule has 0 saturated heterocycles. The van der Waals surface area contributed by atoms with Crippen molar-refractivity contribution in [3.8, 4) is 0 Å². The van der Waals surface area contributed by atoms with Crippen LogP contribution in [0.2, 0.25) is 0 Å². The second-order valence-corrected chi connectivity index (χ2v) is 7.83.